The van der Waals surface area contributed by atoms with E-state index in [1.165, 1.54) is 0 Å². The Balaban J connectivity index is 1.58. The zero-order valence-corrected chi connectivity index (χ0v) is 18.7. The first-order valence-corrected chi connectivity index (χ1v) is 11.1. The predicted molar refractivity (Wildman–Crippen MR) is 128 cm³/mol. The topological polar surface area (TPSA) is 86.8 Å². The van der Waals surface area contributed by atoms with E-state index < -0.39 is 6.23 Å². The maximum absolute atomic E-state index is 13.0. The number of hydrogen-bond acceptors (Lipinski definition) is 5. The van der Waals surface area contributed by atoms with Crippen LogP contribution in [0, 0.1) is 6.92 Å². The number of carbonyl (C=O) groups excluding carboxylic acids is 1. The Morgan fingerprint density at radius 3 is 2.61 bits per heavy atom. The maximum Gasteiger partial charge on any atom is 0.256 e. The zero-order chi connectivity index (χ0) is 22.9. The molecule has 7 heteroatoms. The van der Waals surface area contributed by atoms with Gasteiger partial charge in [-0.05, 0) is 36.3 Å². The van der Waals surface area contributed by atoms with Gasteiger partial charge in [-0.25, -0.2) is 0 Å². The molecule has 1 unspecified atom stereocenters. The third kappa shape index (κ3) is 3.84. The monoisotopic (exact) mass is 445 g/mol. The SMILES string of the molecule is COc1ccc2c(c1-c1ccccc1)/C(=C/c1[nH]cc(C(O)N3CCOCC3)c1C)C(=O)N2. The fraction of sp³-hybridized carbons (Fsp3) is 0.269. The Kier molecular flexibility index (Phi) is 5.76. The molecular weight excluding hydrogens is 418 g/mol. The predicted octanol–water partition coefficient (Wildman–Crippen LogP) is 3.81. The van der Waals surface area contributed by atoms with E-state index in [1.54, 1.807) is 7.11 Å². The summed E-state index contributed by atoms with van der Waals surface area (Å²) in [5.41, 5.74) is 6.47. The van der Waals surface area contributed by atoms with Crippen LogP contribution in [0.5, 0.6) is 5.75 Å². The van der Waals surface area contributed by atoms with Crippen molar-refractivity contribution < 1.29 is 19.4 Å². The van der Waals surface area contributed by atoms with Crippen LogP contribution in [0.4, 0.5) is 5.69 Å². The van der Waals surface area contributed by atoms with Crippen LogP contribution in [0.15, 0.2) is 48.7 Å². The summed E-state index contributed by atoms with van der Waals surface area (Å²) in [7, 11) is 1.64. The van der Waals surface area contributed by atoms with Crippen LogP contribution in [-0.4, -0.2) is 54.3 Å². The molecule has 2 aliphatic heterocycles. The Morgan fingerprint density at radius 2 is 1.88 bits per heavy atom. The van der Waals surface area contributed by atoms with Gasteiger partial charge in [0.1, 0.15) is 12.0 Å². The Hall–Kier alpha value is -3.39. The number of nitrogens with zero attached hydrogens (tertiary/aromatic N) is 1. The lowest BCUT2D eigenvalue weighted by Crippen LogP contribution is -2.39. The van der Waals surface area contributed by atoms with Gasteiger partial charge in [0.15, 0.2) is 0 Å². The summed E-state index contributed by atoms with van der Waals surface area (Å²) in [5, 5.41) is 13.9. The number of morpholine rings is 1. The molecule has 0 spiro atoms. The van der Waals surface area contributed by atoms with Crippen molar-refractivity contribution >= 4 is 23.2 Å². The Labute approximate surface area is 192 Å². The lowest BCUT2D eigenvalue weighted by Gasteiger charge is -2.31. The average Bonchev–Trinajstić information content (AvgIpc) is 3.38. The maximum atomic E-state index is 13.0. The summed E-state index contributed by atoms with van der Waals surface area (Å²) < 4.78 is 11.1. The van der Waals surface area contributed by atoms with Gasteiger partial charge < -0.3 is 24.9 Å². The second-order valence-corrected chi connectivity index (χ2v) is 8.25. The van der Waals surface area contributed by atoms with E-state index in [9.17, 15) is 9.90 Å². The number of aromatic amines is 1. The largest absolute Gasteiger partial charge is 0.496 e. The fourth-order valence-corrected chi connectivity index (χ4v) is 4.58. The third-order valence-corrected chi connectivity index (χ3v) is 6.39. The van der Waals surface area contributed by atoms with Crippen molar-refractivity contribution in [1.29, 1.82) is 0 Å². The summed E-state index contributed by atoms with van der Waals surface area (Å²) in [6.45, 7) is 4.53. The van der Waals surface area contributed by atoms with E-state index in [4.69, 9.17) is 9.47 Å². The fourth-order valence-electron chi connectivity index (χ4n) is 4.58. The molecule has 33 heavy (non-hydrogen) atoms. The highest BCUT2D eigenvalue weighted by Crippen LogP contribution is 2.45. The molecular formula is C26H27N3O4. The van der Waals surface area contributed by atoms with Gasteiger partial charge in [0.05, 0.1) is 25.9 Å². The smallest absolute Gasteiger partial charge is 0.256 e. The number of anilines is 1. The lowest BCUT2D eigenvalue weighted by molar-refractivity contribution is -0.110. The van der Waals surface area contributed by atoms with E-state index in [0.717, 1.165) is 39.2 Å². The number of amides is 1. The van der Waals surface area contributed by atoms with Crippen molar-refractivity contribution in [3.05, 3.63) is 71.0 Å². The van der Waals surface area contributed by atoms with Crippen molar-refractivity contribution in [2.24, 2.45) is 0 Å². The molecule has 1 aromatic heterocycles. The first-order valence-electron chi connectivity index (χ1n) is 11.1. The van der Waals surface area contributed by atoms with E-state index in [1.807, 2.05) is 66.6 Å². The summed E-state index contributed by atoms with van der Waals surface area (Å²) in [6.07, 6.45) is 2.96. The van der Waals surface area contributed by atoms with Gasteiger partial charge in [-0.2, -0.15) is 0 Å². The second kappa shape index (κ2) is 8.86. The molecule has 2 aromatic carbocycles. The lowest BCUT2D eigenvalue weighted by atomic mass is 9.93. The molecule has 3 N–H and O–H groups in total. The minimum Gasteiger partial charge on any atom is -0.496 e. The molecule has 3 heterocycles. The average molecular weight is 446 g/mol. The van der Waals surface area contributed by atoms with Crippen molar-refractivity contribution in [3.63, 3.8) is 0 Å². The van der Waals surface area contributed by atoms with E-state index in [0.29, 0.717) is 37.6 Å². The molecule has 0 saturated carbocycles. The third-order valence-electron chi connectivity index (χ3n) is 6.39. The van der Waals surface area contributed by atoms with Gasteiger partial charge in [-0.1, -0.05) is 30.3 Å². The number of ether oxygens (including phenoxy) is 2. The molecule has 0 aliphatic carbocycles. The van der Waals surface area contributed by atoms with Crippen LogP contribution >= 0.6 is 0 Å². The summed E-state index contributed by atoms with van der Waals surface area (Å²) >= 11 is 0. The van der Waals surface area contributed by atoms with Gasteiger partial charge in [0.2, 0.25) is 0 Å². The highest BCUT2D eigenvalue weighted by molar-refractivity contribution is 6.36. The molecule has 1 amide bonds. The molecule has 1 fully saturated rings. The first-order chi connectivity index (χ1) is 16.1. The van der Waals surface area contributed by atoms with Crippen molar-refractivity contribution in [3.8, 4) is 16.9 Å². The molecule has 1 atom stereocenters. The first kappa shape index (κ1) is 21.5. The van der Waals surface area contributed by atoms with E-state index in [2.05, 4.69) is 10.3 Å². The van der Waals surface area contributed by atoms with Gasteiger partial charge in [0, 0.05) is 47.4 Å². The minimum atomic E-state index is -0.720. The number of nitrogens with one attached hydrogen (secondary N) is 2. The van der Waals surface area contributed by atoms with Crippen molar-refractivity contribution in [2.45, 2.75) is 13.2 Å². The number of methoxy groups -OCH3 is 1. The van der Waals surface area contributed by atoms with Crippen LogP contribution in [0.2, 0.25) is 0 Å². The molecule has 1 saturated heterocycles. The molecule has 0 radical (unpaired) electrons. The van der Waals surface area contributed by atoms with Crippen LogP contribution < -0.4 is 10.1 Å². The number of fused-ring (bicyclic) bond motifs is 1. The van der Waals surface area contributed by atoms with Gasteiger partial charge in [0.25, 0.3) is 5.91 Å². The van der Waals surface area contributed by atoms with Crippen LogP contribution in [0.1, 0.15) is 28.6 Å². The number of hydrogen-bond donors (Lipinski definition) is 3. The molecule has 170 valence electrons. The van der Waals surface area contributed by atoms with Gasteiger partial charge >= 0.3 is 0 Å². The normalized spacial score (nSPS) is 18.3. The number of aliphatic hydroxyl groups is 1. The summed E-state index contributed by atoms with van der Waals surface area (Å²) in [6, 6.07) is 13.7. The molecule has 5 rings (SSSR count). The summed E-state index contributed by atoms with van der Waals surface area (Å²) in [5.74, 6) is 0.536. The number of aliphatic hydroxyl groups excluding tert-OH is 1. The standard InChI is InChI=1S/C26H27N3O4/c1-16-19(26(31)29-10-12-33-13-11-29)15-27-21(16)14-18-24-20(28-25(18)30)8-9-22(32-2)23(24)17-6-4-3-5-7-17/h3-9,14-15,26-27,31H,10-13H2,1-2H3,(H,28,30)/b18-14-. The highest BCUT2D eigenvalue weighted by atomic mass is 16.5. The zero-order valence-electron chi connectivity index (χ0n) is 18.7. The number of benzene rings is 2. The highest BCUT2D eigenvalue weighted by Gasteiger charge is 2.30. The van der Waals surface area contributed by atoms with Crippen LogP contribution in [0.25, 0.3) is 22.8 Å². The van der Waals surface area contributed by atoms with E-state index in [-0.39, 0.29) is 5.91 Å². The Morgan fingerprint density at radius 1 is 1.12 bits per heavy atom. The number of H-pyrrole nitrogens is 1. The second-order valence-electron chi connectivity index (χ2n) is 8.25. The number of aromatic nitrogens is 1. The minimum absolute atomic E-state index is 0.167. The molecule has 2 aliphatic rings. The van der Waals surface area contributed by atoms with Gasteiger partial charge in [-0.3, -0.25) is 9.69 Å². The van der Waals surface area contributed by atoms with Crippen LogP contribution in [0.3, 0.4) is 0 Å². The molecule has 7 nitrogen and oxygen atoms in total. The summed E-state index contributed by atoms with van der Waals surface area (Å²) in [4.78, 5) is 18.3. The van der Waals surface area contributed by atoms with E-state index >= 15 is 0 Å². The van der Waals surface area contributed by atoms with Crippen molar-refractivity contribution in [1.82, 2.24) is 9.88 Å². The number of rotatable bonds is 5. The van der Waals surface area contributed by atoms with Crippen LogP contribution in [-0.2, 0) is 9.53 Å². The molecule has 3 aromatic rings. The van der Waals surface area contributed by atoms with Crippen molar-refractivity contribution in [2.75, 3.05) is 38.7 Å². The quantitative estimate of drug-likeness (QED) is 0.520. The molecule has 0 bridgehead atoms. The Bertz CT molecular complexity index is 1210. The van der Waals surface area contributed by atoms with Gasteiger partial charge in [-0.15, -0.1) is 0 Å². The number of carbonyl (C=O) groups is 1.